The van der Waals surface area contributed by atoms with Gasteiger partial charge in [-0.1, -0.05) is 0 Å². The minimum Gasteiger partial charge on any atom is -0.348 e. The molecule has 2 aromatic rings. The van der Waals surface area contributed by atoms with Gasteiger partial charge in [-0.05, 0) is 35.4 Å². The van der Waals surface area contributed by atoms with Crippen molar-refractivity contribution in [3.8, 4) is 0 Å². The second kappa shape index (κ2) is 4.19. The third kappa shape index (κ3) is 2.09. The highest BCUT2D eigenvalue weighted by Crippen LogP contribution is 2.18. The molecule has 2 rings (SSSR count). The molecule has 1 N–H and O–H groups in total. The third-order valence-electron chi connectivity index (χ3n) is 1.95. The van der Waals surface area contributed by atoms with Gasteiger partial charge in [-0.25, -0.2) is 9.97 Å². The Morgan fingerprint density at radius 2 is 2.14 bits per heavy atom. The lowest BCUT2D eigenvalue weighted by Crippen LogP contribution is -2.07. The molecule has 0 aliphatic rings. The molecule has 0 bridgehead atoms. The fraction of sp³-hybridized carbons (Fsp3) is 0.200. The maximum absolute atomic E-state index is 4.11. The fourth-order valence-corrected chi connectivity index (χ4v) is 1.93. The normalized spacial score (nSPS) is 12.4. The molecule has 2 heterocycles. The fourth-order valence-electron chi connectivity index (χ4n) is 1.17. The zero-order chi connectivity index (χ0) is 9.80. The largest absolute Gasteiger partial charge is 0.348 e. The zero-order valence-corrected chi connectivity index (χ0v) is 8.66. The Kier molecular flexibility index (Phi) is 2.74. The van der Waals surface area contributed by atoms with Crippen LogP contribution in [0.5, 0.6) is 0 Å². The van der Waals surface area contributed by atoms with Crippen LogP contribution in [0, 0.1) is 0 Å². The summed E-state index contributed by atoms with van der Waals surface area (Å²) in [6, 6.07) is 4.16. The Morgan fingerprint density at radius 3 is 2.79 bits per heavy atom. The van der Waals surface area contributed by atoms with E-state index in [1.54, 1.807) is 29.8 Å². The molecule has 0 aliphatic heterocycles. The summed E-state index contributed by atoms with van der Waals surface area (Å²) in [4.78, 5) is 8.22. The van der Waals surface area contributed by atoms with Crippen LogP contribution in [0.2, 0.25) is 0 Å². The Bertz CT molecular complexity index is 372. The van der Waals surface area contributed by atoms with E-state index < -0.39 is 0 Å². The number of hydrogen-bond acceptors (Lipinski definition) is 4. The first kappa shape index (κ1) is 9.15. The molecule has 0 saturated carbocycles. The molecule has 4 heteroatoms. The van der Waals surface area contributed by atoms with Crippen LogP contribution in [0.15, 0.2) is 35.3 Å². The molecule has 0 amide bonds. The first-order chi connectivity index (χ1) is 6.86. The summed E-state index contributed by atoms with van der Waals surface area (Å²) in [5.74, 6) is 0.672. The van der Waals surface area contributed by atoms with E-state index in [0.717, 1.165) is 0 Å². The number of nitrogens with one attached hydrogen (secondary N) is 1. The maximum atomic E-state index is 4.11. The van der Waals surface area contributed by atoms with Crippen molar-refractivity contribution >= 4 is 17.3 Å². The van der Waals surface area contributed by atoms with Crippen molar-refractivity contribution in [1.29, 1.82) is 0 Å². The predicted molar refractivity (Wildman–Crippen MR) is 58.4 cm³/mol. The van der Waals surface area contributed by atoms with Crippen LogP contribution >= 0.6 is 11.3 Å². The van der Waals surface area contributed by atoms with Gasteiger partial charge in [0, 0.05) is 12.4 Å². The van der Waals surface area contributed by atoms with Crippen molar-refractivity contribution in [1.82, 2.24) is 9.97 Å². The Hall–Kier alpha value is -1.42. The van der Waals surface area contributed by atoms with Gasteiger partial charge >= 0.3 is 0 Å². The van der Waals surface area contributed by atoms with Crippen molar-refractivity contribution in [2.75, 3.05) is 5.32 Å². The topological polar surface area (TPSA) is 37.8 Å². The molecule has 1 unspecified atom stereocenters. The number of nitrogens with zero attached hydrogens (tertiary/aromatic N) is 2. The van der Waals surface area contributed by atoms with Crippen molar-refractivity contribution < 1.29 is 0 Å². The second-order valence-corrected chi connectivity index (χ2v) is 3.78. The van der Waals surface area contributed by atoms with E-state index in [9.17, 15) is 0 Å². The summed E-state index contributed by atoms with van der Waals surface area (Å²) in [5.41, 5.74) is 1.27. The first-order valence-electron chi connectivity index (χ1n) is 4.42. The maximum Gasteiger partial charge on any atom is 0.223 e. The summed E-state index contributed by atoms with van der Waals surface area (Å²) in [6.45, 7) is 2.10. The Balaban J connectivity index is 2.06. The van der Waals surface area contributed by atoms with Crippen LogP contribution in [0.4, 0.5) is 5.95 Å². The minimum absolute atomic E-state index is 0.253. The van der Waals surface area contributed by atoms with Gasteiger partial charge in [-0.2, -0.15) is 11.3 Å². The van der Waals surface area contributed by atoms with Crippen LogP contribution in [-0.2, 0) is 0 Å². The number of anilines is 1. The van der Waals surface area contributed by atoms with Gasteiger partial charge in [-0.3, -0.25) is 0 Å². The highest BCUT2D eigenvalue weighted by Gasteiger charge is 2.05. The van der Waals surface area contributed by atoms with Crippen molar-refractivity contribution in [3.63, 3.8) is 0 Å². The lowest BCUT2D eigenvalue weighted by molar-refractivity contribution is 0.865. The summed E-state index contributed by atoms with van der Waals surface area (Å²) in [6.07, 6.45) is 3.46. The molecule has 0 saturated heterocycles. The molecular weight excluding hydrogens is 194 g/mol. The van der Waals surface area contributed by atoms with Crippen LogP contribution < -0.4 is 5.32 Å². The number of rotatable bonds is 3. The predicted octanol–water partition coefficient (Wildman–Crippen LogP) is 2.71. The van der Waals surface area contributed by atoms with Crippen LogP contribution in [0.25, 0.3) is 0 Å². The Labute approximate surface area is 86.8 Å². The lowest BCUT2D eigenvalue weighted by atomic mass is 10.2. The molecular formula is C10H11N3S. The summed E-state index contributed by atoms with van der Waals surface area (Å²) >= 11 is 1.70. The molecule has 14 heavy (non-hydrogen) atoms. The second-order valence-electron chi connectivity index (χ2n) is 3.00. The van der Waals surface area contributed by atoms with E-state index in [4.69, 9.17) is 0 Å². The number of thiophene rings is 1. The van der Waals surface area contributed by atoms with Gasteiger partial charge in [0.2, 0.25) is 5.95 Å². The van der Waals surface area contributed by atoms with Gasteiger partial charge in [0.15, 0.2) is 0 Å². The quantitative estimate of drug-likeness (QED) is 0.837. The van der Waals surface area contributed by atoms with E-state index in [1.807, 2.05) is 0 Å². The van der Waals surface area contributed by atoms with Gasteiger partial charge in [-0.15, -0.1) is 0 Å². The standard InChI is InChI=1S/C10H11N3S/c1-8(9-3-6-14-7-9)13-10-11-4-2-5-12-10/h2-8H,1H3,(H,11,12,13). The number of aromatic nitrogens is 2. The third-order valence-corrected chi connectivity index (χ3v) is 2.66. The van der Waals surface area contributed by atoms with Gasteiger partial charge in [0.1, 0.15) is 0 Å². The average molecular weight is 205 g/mol. The van der Waals surface area contributed by atoms with Gasteiger partial charge in [0.05, 0.1) is 6.04 Å². The summed E-state index contributed by atoms with van der Waals surface area (Å²) in [5, 5.41) is 7.42. The summed E-state index contributed by atoms with van der Waals surface area (Å²) in [7, 11) is 0. The smallest absolute Gasteiger partial charge is 0.223 e. The van der Waals surface area contributed by atoms with Crippen LogP contribution in [0.1, 0.15) is 18.5 Å². The average Bonchev–Trinajstić information content (AvgIpc) is 2.72. The SMILES string of the molecule is CC(Nc1ncccn1)c1ccsc1. The van der Waals surface area contributed by atoms with Crippen LogP contribution in [0.3, 0.4) is 0 Å². The molecule has 0 fully saturated rings. The van der Waals surface area contributed by atoms with Crippen molar-refractivity contribution in [2.24, 2.45) is 0 Å². The van der Waals surface area contributed by atoms with E-state index in [2.05, 4.69) is 39.0 Å². The minimum atomic E-state index is 0.253. The molecule has 0 spiro atoms. The molecule has 2 aromatic heterocycles. The van der Waals surface area contributed by atoms with E-state index in [0.29, 0.717) is 5.95 Å². The van der Waals surface area contributed by atoms with Gasteiger partial charge in [0.25, 0.3) is 0 Å². The molecule has 0 radical (unpaired) electrons. The van der Waals surface area contributed by atoms with Crippen molar-refractivity contribution in [3.05, 3.63) is 40.8 Å². The molecule has 72 valence electrons. The number of hydrogen-bond donors (Lipinski definition) is 1. The van der Waals surface area contributed by atoms with E-state index >= 15 is 0 Å². The lowest BCUT2D eigenvalue weighted by Gasteiger charge is -2.11. The Morgan fingerprint density at radius 1 is 1.36 bits per heavy atom. The molecule has 0 aliphatic carbocycles. The highest BCUT2D eigenvalue weighted by atomic mass is 32.1. The van der Waals surface area contributed by atoms with E-state index in [1.165, 1.54) is 5.56 Å². The zero-order valence-electron chi connectivity index (χ0n) is 7.84. The monoisotopic (exact) mass is 205 g/mol. The van der Waals surface area contributed by atoms with Crippen molar-refractivity contribution in [2.45, 2.75) is 13.0 Å². The summed E-state index contributed by atoms with van der Waals surface area (Å²) < 4.78 is 0. The molecule has 3 nitrogen and oxygen atoms in total. The van der Waals surface area contributed by atoms with Crippen LogP contribution in [-0.4, -0.2) is 9.97 Å². The molecule has 1 atom stereocenters. The first-order valence-corrected chi connectivity index (χ1v) is 5.36. The van der Waals surface area contributed by atoms with E-state index in [-0.39, 0.29) is 6.04 Å². The van der Waals surface area contributed by atoms with Gasteiger partial charge < -0.3 is 5.32 Å². The molecule has 0 aromatic carbocycles. The highest BCUT2D eigenvalue weighted by molar-refractivity contribution is 7.07.